The van der Waals surface area contributed by atoms with Crippen molar-refractivity contribution in [3.63, 3.8) is 0 Å². The third kappa shape index (κ3) is 4.73. The lowest BCUT2D eigenvalue weighted by Crippen LogP contribution is -2.38. The van der Waals surface area contributed by atoms with Crippen LogP contribution >= 0.6 is 0 Å². The van der Waals surface area contributed by atoms with E-state index < -0.39 is 0 Å². The summed E-state index contributed by atoms with van der Waals surface area (Å²) in [6.07, 6.45) is 3.61. The standard InChI is InChI=1S/C18H25FN4/c1-13(16-9-4-5-10-17(16)19)14(2)22-18(20)21-12-15-8-6-7-11-23(15)3/h4-5,9-10,15H,1,6-8,11-12H2,2-3H3,(H2,20,21). The van der Waals surface area contributed by atoms with Gasteiger partial charge in [-0.3, -0.25) is 0 Å². The molecule has 124 valence electrons. The van der Waals surface area contributed by atoms with E-state index in [1.165, 1.54) is 18.9 Å². The lowest BCUT2D eigenvalue weighted by Gasteiger charge is -2.31. The van der Waals surface area contributed by atoms with E-state index in [0.717, 1.165) is 13.0 Å². The van der Waals surface area contributed by atoms with E-state index in [2.05, 4.69) is 28.5 Å². The monoisotopic (exact) mass is 316 g/mol. The summed E-state index contributed by atoms with van der Waals surface area (Å²) in [7, 11) is 2.12. The quantitative estimate of drug-likeness (QED) is 0.685. The maximum atomic E-state index is 13.8. The fourth-order valence-electron chi connectivity index (χ4n) is 2.75. The molecule has 1 aromatic rings. The van der Waals surface area contributed by atoms with Crippen LogP contribution in [-0.4, -0.2) is 42.8 Å². The van der Waals surface area contributed by atoms with Gasteiger partial charge in [-0.25, -0.2) is 14.4 Å². The maximum Gasteiger partial charge on any atom is 0.215 e. The van der Waals surface area contributed by atoms with Crippen molar-refractivity contribution in [3.8, 4) is 0 Å². The second-order valence-corrected chi connectivity index (χ2v) is 5.98. The molecule has 1 unspecified atom stereocenters. The van der Waals surface area contributed by atoms with Gasteiger partial charge >= 0.3 is 0 Å². The van der Waals surface area contributed by atoms with Crippen LogP contribution in [0.25, 0.3) is 5.57 Å². The first kappa shape index (κ1) is 17.3. The van der Waals surface area contributed by atoms with E-state index in [0.29, 0.717) is 29.4 Å². The molecular formula is C18H25FN4. The topological polar surface area (TPSA) is 54.0 Å². The maximum absolute atomic E-state index is 13.8. The number of hydrogen-bond acceptors (Lipinski definition) is 2. The third-order valence-corrected chi connectivity index (χ3v) is 4.30. The number of halogens is 1. The average molecular weight is 316 g/mol. The van der Waals surface area contributed by atoms with Crippen LogP contribution < -0.4 is 5.73 Å². The Morgan fingerprint density at radius 3 is 2.83 bits per heavy atom. The molecule has 0 radical (unpaired) electrons. The van der Waals surface area contributed by atoms with Gasteiger partial charge in [0.15, 0.2) is 0 Å². The summed E-state index contributed by atoms with van der Waals surface area (Å²) in [5, 5.41) is 0. The zero-order chi connectivity index (χ0) is 16.8. The number of allylic oxidation sites excluding steroid dienone is 1. The number of hydrogen-bond donors (Lipinski definition) is 1. The summed E-state index contributed by atoms with van der Waals surface area (Å²) in [5.41, 5.74) is 7.44. The summed E-state index contributed by atoms with van der Waals surface area (Å²) >= 11 is 0. The fourth-order valence-corrected chi connectivity index (χ4v) is 2.75. The SMILES string of the molecule is C=C(C(C)=NC(N)=NCC1CCCCN1C)c1ccccc1F. The van der Waals surface area contributed by atoms with Crippen molar-refractivity contribution in [1.82, 2.24) is 4.90 Å². The molecule has 1 atom stereocenters. The van der Waals surface area contributed by atoms with Crippen LogP contribution in [0.4, 0.5) is 4.39 Å². The number of nitrogens with two attached hydrogens (primary N) is 1. The fraction of sp³-hybridized carbons (Fsp3) is 0.444. The minimum Gasteiger partial charge on any atom is -0.368 e. The number of likely N-dealkylation sites (N-methyl/N-ethyl adjacent to an activating group) is 1. The highest BCUT2D eigenvalue weighted by Crippen LogP contribution is 2.18. The smallest absolute Gasteiger partial charge is 0.215 e. The average Bonchev–Trinajstić information content (AvgIpc) is 2.54. The number of piperidine rings is 1. The number of likely N-dealkylation sites (tertiary alicyclic amines) is 1. The van der Waals surface area contributed by atoms with Gasteiger partial charge in [-0.1, -0.05) is 31.2 Å². The molecule has 5 heteroatoms. The predicted octanol–water partition coefficient (Wildman–Crippen LogP) is 3.10. The van der Waals surface area contributed by atoms with Crippen LogP contribution in [0.2, 0.25) is 0 Å². The summed E-state index contributed by atoms with van der Waals surface area (Å²) < 4.78 is 13.8. The number of guanidine groups is 1. The van der Waals surface area contributed by atoms with Gasteiger partial charge in [0.1, 0.15) is 5.82 Å². The predicted molar refractivity (Wildman–Crippen MR) is 95.3 cm³/mol. The van der Waals surface area contributed by atoms with E-state index in [4.69, 9.17) is 5.73 Å². The minimum absolute atomic E-state index is 0.221. The van der Waals surface area contributed by atoms with Crippen molar-refractivity contribution >= 4 is 17.2 Å². The Balaban J connectivity index is 2.03. The molecule has 2 rings (SSSR count). The molecule has 0 amide bonds. The molecule has 1 fully saturated rings. The third-order valence-electron chi connectivity index (χ3n) is 4.30. The van der Waals surface area contributed by atoms with Crippen LogP contribution in [0.5, 0.6) is 0 Å². The normalized spacial score (nSPS) is 20.6. The summed E-state index contributed by atoms with van der Waals surface area (Å²) in [4.78, 5) is 10.9. The van der Waals surface area contributed by atoms with E-state index >= 15 is 0 Å². The molecule has 0 spiro atoms. The molecule has 1 aromatic carbocycles. The van der Waals surface area contributed by atoms with E-state index in [9.17, 15) is 4.39 Å². The molecular weight excluding hydrogens is 291 g/mol. The number of nitrogens with zero attached hydrogens (tertiary/aromatic N) is 3. The zero-order valence-corrected chi connectivity index (χ0v) is 13.9. The first-order valence-corrected chi connectivity index (χ1v) is 7.98. The van der Waals surface area contributed by atoms with Crippen molar-refractivity contribution in [2.45, 2.75) is 32.2 Å². The first-order chi connectivity index (χ1) is 11.0. The van der Waals surface area contributed by atoms with Gasteiger partial charge in [0.2, 0.25) is 5.96 Å². The van der Waals surface area contributed by atoms with Gasteiger partial charge in [-0.05, 0) is 45.0 Å². The Morgan fingerprint density at radius 2 is 2.13 bits per heavy atom. The molecule has 0 aliphatic carbocycles. The minimum atomic E-state index is -0.314. The van der Waals surface area contributed by atoms with Crippen LogP contribution in [0.15, 0.2) is 40.8 Å². The second kappa shape index (κ2) is 8.02. The Morgan fingerprint density at radius 1 is 1.39 bits per heavy atom. The Kier molecular flexibility index (Phi) is 6.04. The van der Waals surface area contributed by atoms with Gasteiger partial charge in [0, 0.05) is 17.3 Å². The van der Waals surface area contributed by atoms with Gasteiger partial charge < -0.3 is 10.6 Å². The molecule has 0 aromatic heterocycles. The van der Waals surface area contributed by atoms with E-state index in [1.807, 2.05) is 0 Å². The molecule has 1 aliphatic rings. The molecule has 4 nitrogen and oxygen atoms in total. The Labute approximate surface area is 137 Å². The highest BCUT2D eigenvalue weighted by atomic mass is 19.1. The molecule has 1 saturated heterocycles. The summed E-state index contributed by atoms with van der Waals surface area (Å²) in [6.45, 7) is 7.43. The molecule has 2 N–H and O–H groups in total. The highest BCUT2D eigenvalue weighted by molar-refractivity contribution is 6.24. The van der Waals surface area contributed by atoms with Crippen molar-refractivity contribution in [3.05, 3.63) is 42.2 Å². The second-order valence-electron chi connectivity index (χ2n) is 5.98. The summed E-state index contributed by atoms with van der Waals surface area (Å²) in [6, 6.07) is 6.93. The largest absolute Gasteiger partial charge is 0.368 e. The first-order valence-electron chi connectivity index (χ1n) is 7.98. The van der Waals surface area contributed by atoms with Crippen molar-refractivity contribution in [2.75, 3.05) is 20.1 Å². The van der Waals surface area contributed by atoms with Crippen molar-refractivity contribution < 1.29 is 4.39 Å². The van der Waals surface area contributed by atoms with Crippen LogP contribution in [0.1, 0.15) is 31.7 Å². The lowest BCUT2D eigenvalue weighted by atomic mass is 10.0. The Bertz CT molecular complexity index is 621. The molecule has 1 heterocycles. The van der Waals surface area contributed by atoms with Crippen LogP contribution in [0.3, 0.4) is 0 Å². The molecule has 23 heavy (non-hydrogen) atoms. The summed E-state index contributed by atoms with van der Waals surface area (Å²) in [5.74, 6) is -0.0923. The van der Waals surface area contributed by atoms with E-state index in [1.54, 1.807) is 25.1 Å². The number of benzene rings is 1. The van der Waals surface area contributed by atoms with Gasteiger partial charge in [0.25, 0.3) is 0 Å². The zero-order valence-electron chi connectivity index (χ0n) is 13.9. The highest BCUT2D eigenvalue weighted by Gasteiger charge is 2.18. The van der Waals surface area contributed by atoms with Crippen LogP contribution in [-0.2, 0) is 0 Å². The van der Waals surface area contributed by atoms with Gasteiger partial charge in [0.05, 0.1) is 6.54 Å². The van der Waals surface area contributed by atoms with E-state index in [-0.39, 0.29) is 11.8 Å². The van der Waals surface area contributed by atoms with Crippen molar-refractivity contribution in [2.24, 2.45) is 15.7 Å². The lowest BCUT2D eigenvalue weighted by molar-refractivity contribution is 0.191. The van der Waals surface area contributed by atoms with Gasteiger partial charge in [-0.15, -0.1) is 0 Å². The molecule has 1 aliphatic heterocycles. The van der Waals surface area contributed by atoms with Crippen molar-refractivity contribution in [1.29, 1.82) is 0 Å². The molecule has 0 saturated carbocycles. The number of rotatable bonds is 4. The van der Waals surface area contributed by atoms with Crippen LogP contribution in [0, 0.1) is 5.82 Å². The van der Waals surface area contributed by atoms with Gasteiger partial charge in [-0.2, -0.15) is 0 Å². The molecule has 0 bridgehead atoms. The number of aliphatic imine (C=N–C) groups is 2. The Hall–Kier alpha value is -2.01.